The Hall–Kier alpha value is -3.53. The van der Waals surface area contributed by atoms with Gasteiger partial charge in [0, 0.05) is 24.2 Å². The molecule has 11 heteroatoms. The van der Waals surface area contributed by atoms with E-state index in [1.54, 1.807) is 24.3 Å². The Balaban J connectivity index is 1.86. The van der Waals surface area contributed by atoms with Crippen LogP contribution in [0.25, 0.3) is 5.69 Å². The Labute approximate surface area is 180 Å². The first-order valence-corrected chi connectivity index (χ1v) is 9.34. The molecule has 0 saturated heterocycles. The molecule has 0 radical (unpaired) electrons. The van der Waals surface area contributed by atoms with E-state index in [1.807, 2.05) is 0 Å². The summed E-state index contributed by atoms with van der Waals surface area (Å²) in [5, 5.41) is 11.6. The zero-order chi connectivity index (χ0) is 22.5. The van der Waals surface area contributed by atoms with Gasteiger partial charge in [-0.25, -0.2) is 22.8 Å². The van der Waals surface area contributed by atoms with Gasteiger partial charge in [0.25, 0.3) is 0 Å². The molecule has 0 unspecified atom stereocenters. The summed E-state index contributed by atoms with van der Waals surface area (Å²) in [5.41, 5.74) is 0.907. The number of oxime groups is 2. The lowest BCUT2D eigenvalue weighted by Gasteiger charge is -2.10. The third-order valence-corrected chi connectivity index (χ3v) is 4.50. The third-order valence-electron chi connectivity index (χ3n) is 4.25. The fourth-order valence-electron chi connectivity index (χ4n) is 2.81. The summed E-state index contributed by atoms with van der Waals surface area (Å²) in [6.07, 6.45) is 0. The van der Waals surface area contributed by atoms with Gasteiger partial charge in [-0.15, -0.1) is 5.10 Å². The predicted molar refractivity (Wildman–Crippen MR) is 112 cm³/mol. The molecule has 0 amide bonds. The number of aromatic nitrogens is 3. The topological polar surface area (TPSA) is 83.0 Å². The molecule has 162 valence electrons. The summed E-state index contributed by atoms with van der Waals surface area (Å²) < 4.78 is 29.7. The number of hydrogen-bond donors (Lipinski definition) is 0. The monoisotopic (exact) mass is 449 g/mol. The van der Waals surface area contributed by atoms with Crippen LogP contribution >= 0.6 is 11.6 Å². The van der Waals surface area contributed by atoms with Crippen LogP contribution in [-0.4, -0.2) is 32.9 Å². The molecule has 31 heavy (non-hydrogen) atoms. The van der Waals surface area contributed by atoms with Crippen LogP contribution in [0.3, 0.4) is 0 Å². The van der Waals surface area contributed by atoms with Crippen molar-refractivity contribution in [2.45, 2.75) is 13.5 Å². The minimum absolute atomic E-state index is 0.000862. The van der Waals surface area contributed by atoms with Crippen LogP contribution in [-0.2, 0) is 23.3 Å². The maximum Gasteiger partial charge on any atom is 0.351 e. The molecular formula is C20H18ClF2N5O3. The second-order valence-corrected chi connectivity index (χ2v) is 6.67. The highest BCUT2D eigenvalue weighted by atomic mass is 35.5. The van der Waals surface area contributed by atoms with Gasteiger partial charge in [0.05, 0.1) is 5.69 Å². The maximum absolute atomic E-state index is 14.2. The Bertz CT molecular complexity index is 1220. The molecule has 3 aromatic rings. The highest BCUT2D eigenvalue weighted by Crippen LogP contribution is 2.18. The molecule has 0 aliphatic carbocycles. The molecule has 0 aliphatic heterocycles. The van der Waals surface area contributed by atoms with Crippen molar-refractivity contribution in [3.05, 3.63) is 81.0 Å². The number of para-hydroxylation sites is 1. The molecule has 3 rings (SSSR count). The average molecular weight is 450 g/mol. The number of rotatable bonds is 7. The van der Waals surface area contributed by atoms with E-state index in [4.69, 9.17) is 21.3 Å². The summed E-state index contributed by atoms with van der Waals surface area (Å²) >= 11 is 6.08. The van der Waals surface area contributed by atoms with E-state index < -0.39 is 17.3 Å². The lowest BCUT2D eigenvalue weighted by molar-refractivity contribution is 0.130. The molecule has 0 aliphatic rings. The van der Waals surface area contributed by atoms with Crippen LogP contribution in [0, 0.1) is 11.6 Å². The highest BCUT2D eigenvalue weighted by molar-refractivity contribution is 6.47. The normalized spacial score (nSPS) is 12.2. The SMILES string of the molecule is CO/N=C(/C(C)=N/OCc1ccccc1-n1c(Cl)nn(C)c1=O)c1ccc(F)cc1F. The van der Waals surface area contributed by atoms with Crippen LogP contribution < -0.4 is 5.69 Å². The van der Waals surface area contributed by atoms with Crippen molar-refractivity contribution >= 4 is 23.0 Å². The van der Waals surface area contributed by atoms with Crippen LogP contribution in [0.2, 0.25) is 5.28 Å². The van der Waals surface area contributed by atoms with Gasteiger partial charge in [-0.2, -0.15) is 0 Å². The smallest absolute Gasteiger partial charge is 0.351 e. The van der Waals surface area contributed by atoms with Crippen LogP contribution in [0.15, 0.2) is 57.6 Å². The van der Waals surface area contributed by atoms with Crippen molar-refractivity contribution in [3.8, 4) is 5.69 Å². The summed E-state index contributed by atoms with van der Waals surface area (Å²) in [5.74, 6) is -1.54. The van der Waals surface area contributed by atoms with Crippen LogP contribution in [0.5, 0.6) is 0 Å². The molecule has 0 atom stereocenters. The first kappa shape index (κ1) is 22.2. The van der Waals surface area contributed by atoms with Crippen LogP contribution in [0.4, 0.5) is 8.78 Å². The molecule has 2 aromatic carbocycles. The van der Waals surface area contributed by atoms with E-state index in [0.29, 0.717) is 11.3 Å². The predicted octanol–water partition coefficient (Wildman–Crippen LogP) is 3.45. The van der Waals surface area contributed by atoms with E-state index in [1.165, 1.54) is 31.7 Å². The quantitative estimate of drug-likeness (QED) is 0.408. The van der Waals surface area contributed by atoms with Crippen molar-refractivity contribution in [2.75, 3.05) is 7.11 Å². The van der Waals surface area contributed by atoms with Gasteiger partial charge in [0.1, 0.15) is 36.8 Å². The molecule has 0 bridgehead atoms. The van der Waals surface area contributed by atoms with Gasteiger partial charge < -0.3 is 9.68 Å². The van der Waals surface area contributed by atoms with Gasteiger partial charge in [-0.1, -0.05) is 28.5 Å². The average Bonchev–Trinajstić information content (AvgIpc) is 2.98. The molecule has 1 heterocycles. The van der Waals surface area contributed by atoms with Gasteiger partial charge in [-0.3, -0.25) is 0 Å². The first-order chi connectivity index (χ1) is 14.8. The lowest BCUT2D eigenvalue weighted by Crippen LogP contribution is -2.22. The molecule has 0 N–H and O–H groups in total. The van der Waals surface area contributed by atoms with Crippen molar-refractivity contribution < 1.29 is 18.5 Å². The van der Waals surface area contributed by atoms with Crippen molar-refractivity contribution in [1.29, 1.82) is 0 Å². The number of hydrogen-bond acceptors (Lipinski definition) is 6. The molecule has 1 aromatic heterocycles. The van der Waals surface area contributed by atoms with Gasteiger partial charge in [0.15, 0.2) is 0 Å². The first-order valence-electron chi connectivity index (χ1n) is 8.96. The molecule has 8 nitrogen and oxygen atoms in total. The summed E-state index contributed by atoms with van der Waals surface area (Å²) in [4.78, 5) is 22.5. The van der Waals surface area contributed by atoms with Crippen molar-refractivity contribution in [2.24, 2.45) is 17.4 Å². The third kappa shape index (κ3) is 4.80. The lowest BCUT2D eigenvalue weighted by atomic mass is 10.1. The van der Waals surface area contributed by atoms with E-state index >= 15 is 0 Å². The van der Waals surface area contributed by atoms with Gasteiger partial charge in [-0.05, 0) is 36.7 Å². The van der Waals surface area contributed by atoms with Crippen molar-refractivity contribution in [1.82, 2.24) is 14.3 Å². The maximum atomic E-state index is 14.2. The second kappa shape index (κ2) is 9.52. The number of halogens is 3. The fraction of sp³-hybridized carbons (Fsp3) is 0.200. The highest BCUT2D eigenvalue weighted by Gasteiger charge is 2.17. The standard InChI is InChI=1S/C20H18ClF2N5O3/c1-12(18(26-30-3)15-9-8-14(22)10-16(15)23)25-31-11-13-6-4-5-7-17(13)28-19(21)24-27(2)20(28)29/h4-10H,11H2,1-3H3/b25-12+,26-18-. The molecule has 0 fully saturated rings. The van der Waals surface area contributed by atoms with E-state index in [0.717, 1.165) is 16.8 Å². The van der Waals surface area contributed by atoms with E-state index in [2.05, 4.69) is 15.4 Å². The van der Waals surface area contributed by atoms with Gasteiger partial charge in [0.2, 0.25) is 5.28 Å². The second-order valence-electron chi connectivity index (χ2n) is 6.34. The molecule has 0 spiro atoms. The largest absolute Gasteiger partial charge is 0.399 e. The van der Waals surface area contributed by atoms with E-state index in [-0.39, 0.29) is 28.9 Å². The summed E-state index contributed by atoms with van der Waals surface area (Å²) in [6, 6.07) is 10.00. The minimum Gasteiger partial charge on any atom is -0.399 e. The van der Waals surface area contributed by atoms with Crippen LogP contribution in [0.1, 0.15) is 18.1 Å². The molecule has 0 saturated carbocycles. The van der Waals surface area contributed by atoms with E-state index in [9.17, 15) is 13.6 Å². The number of benzene rings is 2. The Morgan fingerprint density at radius 3 is 2.58 bits per heavy atom. The summed E-state index contributed by atoms with van der Waals surface area (Å²) in [6.45, 7) is 1.51. The zero-order valence-corrected chi connectivity index (χ0v) is 17.6. The Kier molecular flexibility index (Phi) is 6.81. The minimum atomic E-state index is -0.818. The Morgan fingerprint density at radius 2 is 1.94 bits per heavy atom. The fourth-order valence-corrected chi connectivity index (χ4v) is 3.09. The van der Waals surface area contributed by atoms with Crippen molar-refractivity contribution in [3.63, 3.8) is 0 Å². The Morgan fingerprint density at radius 1 is 1.19 bits per heavy atom. The zero-order valence-electron chi connectivity index (χ0n) is 16.8. The number of nitrogens with zero attached hydrogens (tertiary/aromatic N) is 5. The number of aryl methyl sites for hydroxylation is 1. The summed E-state index contributed by atoms with van der Waals surface area (Å²) in [7, 11) is 2.78. The van der Waals surface area contributed by atoms with Gasteiger partial charge >= 0.3 is 5.69 Å². The molecular weight excluding hydrogens is 432 g/mol.